The summed E-state index contributed by atoms with van der Waals surface area (Å²) < 4.78 is 6.99. The molecule has 200 valence electrons. The molecule has 0 saturated carbocycles. The number of benzene rings is 2. The summed E-state index contributed by atoms with van der Waals surface area (Å²) in [6.07, 6.45) is 6.19. The van der Waals surface area contributed by atoms with Crippen molar-refractivity contribution in [1.29, 1.82) is 0 Å². The fourth-order valence-electron chi connectivity index (χ4n) is 4.88. The number of morpholine rings is 1. The molecule has 5 rings (SSSR count). The Morgan fingerprint density at radius 1 is 1.10 bits per heavy atom. The molecular weight excluding hydrogens is 506 g/mol. The largest absolute Gasteiger partial charge is 0.384 e. The number of anilines is 1. The summed E-state index contributed by atoms with van der Waals surface area (Å²) >= 11 is 1.75. The quantitative estimate of drug-likeness (QED) is 0.278. The molecule has 7 heteroatoms. The Balaban J connectivity index is 1.26. The Bertz CT molecular complexity index is 1540. The van der Waals surface area contributed by atoms with Crippen LogP contribution in [0.15, 0.2) is 66.9 Å². The first-order chi connectivity index (χ1) is 18.7. The highest BCUT2D eigenvalue weighted by atomic mass is 32.1. The number of carbonyl (C=O) groups excluding carboxylic acids is 2. The zero-order valence-electron chi connectivity index (χ0n) is 22.6. The molecule has 1 amide bonds. The standard InChI is InChI=1S/C32H33N3O3S/c1-21-16-25(23-6-8-24(9-7-23)31(37)35-14-15-38-32(2,3)20-35)17-26-18-28(39-30(21)26)12-11-27(36)10-4-22-5-13-29(33)34-19-22/h4-10,13,16-19H,11-12,14-15,20H2,1-3H3,(H2,33,34)/b10-4+. The zero-order valence-corrected chi connectivity index (χ0v) is 23.4. The van der Waals surface area contributed by atoms with Gasteiger partial charge in [0.25, 0.3) is 5.91 Å². The maximum Gasteiger partial charge on any atom is 0.254 e. The van der Waals surface area contributed by atoms with Gasteiger partial charge in [0.05, 0.1) is 12.2 Å². The van der Waals surface area contributed by atoms with E-state index >= 15 is 0 Å². The molecule has 2 N–H and O–H groups in total. The van der Waals surface area contributed by atoms with E-state index in [0.29, 0.717) is 43.9 Å². The van der Waals surface area contributed by atoms with Gasteiger partial charge in [0.2, 0.25) is 0 Å². The van der Waals surface area contributed by atoms with Crippen molar-refractivity contribution in [2.45, 2.75) is 39.2 Å². The Labute approximate surface area is 233 Å². The summed E-state index contributed by atoms with van der Waals surface area (Å²) in [5.41, 5.74) is 10.2. The maximum atomic E-state index is 13.0. The van der Waals surface area contributed by atoms with E-state index in [1.807, 2.05) is 49.1 Å². The average molecular weight is 540 g/mol. The van der Waals surface area contributed by atoms with E-state index in [9.17, 15) is 9.59 Å². The molecular formula is C32H33N3O3S. The molecule has 4 aromatic rings. The number of hydrogen-bond donors (Lipinski definition) is 1. The first kappa shape index (κ1) is 26.8. The number of aryl methyl sites for hydroxylation is 2. The molecule has 1 aliphatic heterocycles. The minimum Gasteiger partial charge on any atom is -0.384 e. The molecule has 3 heterocycles. The highest BCUT2D eigenvalue weighted by Gasteiger charge is 2.30. The van der Waals surface area contributed by atoms with Crippen LogP contribution in [0.3, 0.4) is 0 Å². The first-order valence-corrected chi connectivity index (χ1v) is 14.0. The molecule has 2 aromatic heterocycles. The molecule has 6 nitrogen and oxygen atoms in total. The number of rotatable bonds is 7. The van der Waals surface area contributed by atoms with E-state index in [2.05, 4.69) is 30.1 Å². The van der Waals surface area contributed by atoms with Crippen LogP contribution in [0.4, 0.5) is 5.82 Å². The zero-order chi connectivity index (χ0) is 27.6. The number of thiophene rings is 1. The number of amides is 1. The van der Waals surface area contributed by atoms with Crippen molar-refractivity contribution in [3.63, 3.8) is 0 Å². The molecule has 0 atom stereocenters. The number of carbonyl (C=O) groups is 2. The molecule has 1 fully saturated rings. The van der Waals surface area contributed by atoms with E-state index in [1.165, 1.54) is 20.5 Å². The number of hydrogen-bond acceptors (Lipinski definition) is 6. The van der Waals surface area contributed by atoms with Gasteiger partial charge < -0.3 is 15.4 Å². The summed E-state index contributed by atoms with van der Waals surface area (Å²) in [5, 5.41) is 1.18. The lowest BCUT2D eigenvalue weighted by molar-refractivity contribution is -0.114. The van der Waals surface area contributed by atoms with Crippen molar-refractivity contribution in [2.75, 3.05) is 25.4 Å². The summed E-state index contributed by atoms with van der Waals surface area (Å²) in [4.78, 5) is 32.6. The lowest BCUT2D eigenvalue weighted by Crippen LogP contribution is -2.50. The van der Waals surface area contributed by atoms with Gasteiger partial charge in [-0.2, -0.15) is 0 Å². The smallest absolute Gasteiger partial charge is 0.254 e. The predicted molar refractivity (Wildman–Crippen MR) is 159 cm³/mol. The van der Waals surface area contributed by atoms with Crippen molar-refractivity contribution >= 4 is 45.0 Å². The number of fused-ring (bicyclic) bond motifs is 1. The molecule has 0 bridgehead atoms. The highest BCUT2D eigenvalue weighted by Crippen LogP contribution is 2.34. The number of aromatic nitrogens is 1. The van der Waals surface area contributed by atoms with Crippen LogP contribution < -0.4 is 5.73 Å². The normalized spacial score (nSPS) is 15.2. The second-order valence-corrected chi connectivity index (χ2v) is 11.8. The minimum atomic E-state index is -0.320. The van der Waals surface area contributed by atoms with Crippen LogP contribution >= 0.6 is 11.3 Å². The molecule has 2 aromatic carbocycles. The summed E-state index contributed by atoms with van der Waals surface area (Å²) in [5.74, 6) is 0.584. The second-order valence-electron chi connectivity index (χ2n) is 10.7. The van der Waals surface area contributed by atoms with Crippen LogP contribution in [0.2, 0.25) is 0 Å². The van der Waals surface area contributed by atoms with Crippen molar-refractivity contribution < 1.29 is 14.3 Å². The fraction of sp³-hybridized carbons (Fsp3) is 0.281. The number of ketones is 1. The fourth-order valence-corrected chi connectivity index (χ4v) is 5.99. The molecule has 39 heavy (non-hydrogen) atoms. The van der Waals surface area contributed by atoms with Crippen molar-refractivity contribution in [2.24, 2.45) is 0 Å². The number of ether oxygens (including phenoxy) is 1. The molecule has 0 radical (unpaired) electrons. The van der Waals surface area contributed by atoms with Gasteiger partial charge in [-0.25, -0.2) is 4.98 Å². The third kappa shape index (κ3) is 6.44. The topological polar surface area (TPSA) is 85.5 Å². The molecule has 0 aliphatic carbocycles. The van der Waals surface area contributed by atoms with Crippen LogP contribution in [-0.2, 0) is 16.0 Å². The first-order valence-electron chi connectivity index (χ1n) is 13.2. The second kappa shape index (κ2) is 11.1. The monoisotopic (exact) mass is 539 g/mol. The van der Waals surface area contributed by atoms with Gasteiger partial charge in [0, 0.05) is 40.8 Å². The van der Waals surface area contributed by atoms with Gasteiger partial charge in [0.1, 0.15) is 5.82 Å². The van der Waals surface area contributed by atoms with Crippen LogP contribution in [0.1, 0.15) is 46.6 Å². The number of nitrogens with zero attached hydrogens (tertiary/aromatic N) is 2. The lowest BCUT2D eigenvalue weighted by Gasteiger charge is -2.38. The van der Waals surface area contributed by atoms with Crippen LogP contribution in [0.25, 0.3) is 27.3 Å². The maximum absolute atomic E-state index is 13.0. The average Bonchev–Trinajstić information content (AvgIpc) is 3.34. The number of nitrogen functional groups attached to an aromatic ring is 1. The van der Waals surface area contributed by atoms with E-state index in [1.54, 1.807) is 35.8 Å². The molecule has 0 spiro atoms. The van der Waals surface area contributed by atoms with Crippen molar-refractivity contribution in [3.05, 3.63) is 88.4 Å². The van der Waals surface area contributed by atoms with Gasteiger partial charge in [-0.15, -0.1) is 11.3 Å². The Morgan fingerprint density at radius 3 is 2.62 bits per heavy atom. The number of pyridine rings is 1. The summed E-state index contributed by atoms with van der Waals surface area (Å²) in [7, 11) is 0. The predicted octanol–water partition coefficient (Wildman–Crippen LogP) is 6.32. The van der Waals surface area contributed by atoms with Crippen molar-refractivity contribution in [1.82, 2.24) is 9.88 Å². The van der Waals surface area contributed by atoms with Crippen LogP contribution in [0.5, 0.6) is 0 Å². The van der Waals surface area contributed by atoms with Gasteiger partial charge in [-0.1, -0.05) is 12.1 Å². The van der Waals surface area contributed by atoms with E-state index in [0.717, 1.165) is 16.7 Å². The minimum absolute atomic E-state index is 0.0431. The summed E-state index contributed by atoms with van der Waals surface area (Å²) in [6.45, 7) is 7.91. The van der Waals surface area contributed by atoms with E-state index in [4.69, 9.17) is 10.5 Å². The number of allylic oxidation sites excluding steroid dienone is 1. The van der Waals surface area contributed by atoms with Crippen molar-refractivity contribution in [3.8, 4) is 11.1 Å². The molecule has 1 aliphatic rings. The van der Waals surface area contributed by atoms with E-state index in [-0.39, 0.29) is 17.3 Å². The van der Waals surface area contributed by atoms with Crippen LogP contribution in [-0.4, -0.2) is 46.9 Å². The van der Waals surface area contributed by atoms with Gasteiger partial charge in [-0.05, 0) is 109 Å². The van der Waals surface area contributed by atoms with Gasteiger partial charge in [0.15, 0.2) is 5.78 Å². The number of nitrogens with two attached hydrogens (primary N) is 1. The third-order valence-corrected chi connectivity index (χ3v) is 8.27. The lowest BCUT2D eigenvalue weighted by atomic mass is 9.99. The third-order valence-electron chi connectivity index (χ3n) is 6.92. The SMILES string of the molecule is Cc1cc(-c2ccc(C(=O)N3CCOC(C)(C)C3)cc2)cc2cc(CCC(=O)/C=C/c3ccc(N)nc3)sc12. The Morgan fingerprint density at radius 2 is 1.90 bits per heavy atom. The Kier molecular flexibility index (Phi) is 7.64. The molecule has 0 unspecified atom stereocenters. The van der Waals surface area contributed by atoms with Gasteiger partial charge in [-0.3, -0.25) is 9.59 Å². The van der Waals surface area contributed by atoms with Crippen LogP contribution in [0, 0.1) is 6.92 Å². The van der Waals surface area contributed by atoms with E-state index < -0.39 is 0 Å². The van der Waals surface area contributed by atoms with Gasteiger partial charge >= 0.3 is 0 Å². The highest BCUT2D eigenvalue weighted by molar-refractivity contribution is 7.19. The summed E-state index contributed by atoms with van der Waals surface area (Å²) in [6, 6.07) is 18.0. The Hall–Kier alpha value is -3.81. The molecule has 1 saturated heterocycles.